The standard InChI is InChI=1S/C12H6F6OS/c13-11(14,15)8-3-1-7(2-4-8)9-5-6-19-10(9)20-12(16,17)18/h1-6H. The smallest absolute Gasteiger partial charge is 0.449 e. The fourth-order valence-electron chi connectivity index (χ4n) is 1.53. The molecule has 1 heterocycles. The van der Waals surface area contributed by atoms with E-state index in [1.54, 1.807) is 0 Å². The second kappa shape index (κ2) is 5.08. The molecule has 0 N–H and O–H groups in total. The third kappa shape index (κ3) is 3.50. The van der Waals surface area contributed by atoms with Crippen LogP contribution in [-0.2, 0) is 6.18 Å². The van der Waals surface area contributed by atoms with Gasteiger partial charge in [0, 0.05) is 17.3 Å². The van der Waals surface area contributed by atoms with Crippen LogP contribution in [0.15, 0.2) is 46.1 Å². The summed E-state index contributed by atoms with van der Waals surface area (Å²) in [7, 11) is 0. The second-order valence-electron chi connectivity index (χ2n) is 3.74. The Morgan fingerprint density at radius 1 is 0.850 bits per heavy atom. The Morgan fingerprint density at radius 2 is 1.45 bits per heavy atom. The first kappa shape index (κ1) is 14.8. The highest BCUT2D eigenvalue weighted by Gasteiger charge is 2.33. The van der Waals surface area contributed by atoms with Crippen molar-refractivity contribution < 1.29 is 30.8 Å². The fourth-order valence-corrected chi connectivity index (χ4v) is 2.14. The molecule has 0 aliphatic rings. The van der Waals surface area contributed by atoms with Gasteiger partial charge in [0.25, 0.3) is 0 Å². The molecular weight excluding hydrogens is 306 g/mol. The van der Waals surface area contributed by atoms with Crippen LogP contribution >= 0.6 is 11.8 Å². The van der Waals surface area contributed by atoms with E-state index >= 15 is 0 Å². The monoisotopic (exact) mass is 312 g/mol. The van der Waals surface area contributed by atoms with Crippen LogP contribution < -0.4 is 0 Å². The Balaban J connectivity index is 2.31. The Labute approximate surface area is 113 Å². The summed E-state index contributed by atoms with van der Waals surface area (Å²) in [6, 6.07) is 5.10. The van der Waals surface area contributed by atoms with Crippen LogP contribution in [-0.4, -0.2) is 5.51 Å². The van der Waals surface area contributed by atoms with E-state index in [2.05, 4.69) is 0 Å². The fraction of sp³-hybridized carbons (Fsp3) is 0.167. The molecule has 0 aliphatic carbocycles. The second-order valence-corrected chi connectivity index (χ2v) is 4.78. The lowest BCUT2D eigenvalue weighted by Gasteiger charge is -2.08. The molecule has 0 spiro atoms. The summed E-state index contributed by atoms with van der Waals surface area (Å²) in [5.74, 6) is 0. The maximum atomic E-state index is 12.4. The van der Waals surface area contributed by atoms with Gasteiger partial charge in [0.15, 0.2) is 5.09 Å². The van der Waals surface area contributed by atoms with Gasteiger partial charge in [-0.1, -0.05) is 12.1 Å². The van der Waals surface area contributed by atoms with Gasteiger partial charge in [-0.2, -0.15) is 26.3 Å². The number of benzene rings is 1. The van der Waals surface area contributed by atoms with E-state index < -0.39 is 34.1 Å². The molecule has 1 nitrogen and oxygen atoms in total. The first-order chi connectivity index (χ1) is 9.17. The van der Waals surface area contributed by atoms with Gasteiger partial charge >= 0.3 is 11.7 Å². The van der Waals surface area contributed by atoms with Gasteiger partial charge in [0.2, 0.25) is 0 Å². The lowest BCUT2D eigenvalue weighted by molar-refractivity contribution is -0.137. The summed E-state index contributed by atoms with van der Waals surface area (Å²) in [5.41, 5.74) is -5.08. The van der Waals surface area contributed by atoms with E-state index in [-0.39, 0.29) is 11.1 Å². The number of rotatable bonds is 2. The van der Waals surface area contributed by atoms with Crippen molar-refractivity contribution in [3.8, 4) is 11.1 Å². The summed E-state index contributed by atoms with van der Waals surface area (Å²) in [4.78, 5) is 0. The topological polar surface area (TPSA) is 13.1 Å². The van der Waals surface area contributed by atoms with Crippen LogP contribution in [0.3, 0.4) is 0 Å². The van der Waals surface area contributed by atoms with E-state index in [0.717, 1.165) is 30.5 Å². The highest BCUT2D eigenvalue weighted by molar-refractivity contribution is 8.00. The van der Waals surface area contributed by atoms with E-state index in [1.807, 2.05) is 0 Å². The maximum absolute atomic E-state index is 12.4. The quantitative estimate of drug-likeness (QED) is 0.530. The van der Waals surface area contributed by atoms with Crippen LogP contribution in [0.4, 0.5) is 26.3 Å². The minimum Gasteiger partial charge on any atom is -0.457 e. The Bertz CT molecular complexity index is 581. The molecule has 1 aromatic carbocycles. The largest absolute Gasteiger partial charge is 0.457 e. The molecule has 108 valence electrons. The Morgan fingerprint density at radius 3 is 1.95 bits per heavy atom. The lowest BCUT2D eigenvalue weighted by Crippen LogP contribution is -2.04. The van der Waals surface area contributed by atoms with E-state index in [1.165, 1.54) is 6.07 Å². The van der Waals surface area contributed by atoms with Crippen molar-refractivity contribution in [3.05, 3.63) is 42.2 Å². The van der Waals surface area contributed by atoms with E-state index in [4.69, 9.17) is 4.42 Å². The van der Waals surface area contributed by atoms with Gasteiger partial charge in [-0.05, 0) is 23.8 Å². The predicted octanol–water partition coefficient (Wildman–Crippen LogP) is 5.58. The number of hydrogen-bond donors (Lipinski definition) is 0. The average molecular weight is 312 g/mol. The van der Waals surface area contributed by atoms with Crippen molar-refractivity contribution in [2.75, 3.05) is 0 Å². The summed E-state index contributed by atoms with van der Waals surface area (Å²) in [5, 5.41) is -0.405. The number of halogens is 6. The van der Waals surface area contributed by atoms with Gasteiger partial charge in [-0.25, -0.2) is 0 Å². The summed E-state index contributed by atoms with van der Waals surface area (Å²) >= 11 is -0.450. The molecule has 0 aliphatic heterocycles. The summed E-state index contributed by atoms with van der Waals surface area (Å²) in [6.07, 6.45) is -3.43. The van der Waals surface area contributed by atoms with Crippen molar-refractivity contribution >= 4 is 11.8 Å². The molecule has 20 heavy (non-hydrogen) atoms. The minimum atomic E-state index is -4.53. The highest BCUT2D eigenvalue weighted by atomic mass is 32.2. The molecule has 0 unspecified atom stereocenters. The zero-order chi connectivity index (χ0) is 15.0. The zero-order valence-electron chi connectivity index (χ0n) is 9.55. The number of hydrogen-bond acceptors (Lipinski definition) is 2. The summed E-state index contributed by atoms with van der Waals surface area (Å²) < 4.78 is 78.8. The van der Waals surface area contributed by atoms with Gasteiger partial charge < -0.3 is 4.42 Å². The number of furan rings is 1. The van der Waals surface area contributed by atoms with Crippen molar-refractivity contribution in [1.29, 1.82) is 0 Å². The third-order valence-corrected chi connectivity index (χ3v) is 3.09. The van der Waals surface area contributed by atoms with Crippen molar-refractivity contribution in [1.82, 2.24) is 0 Å². The molecule has 0 saturated carbocycles. The molecule has 0 atom stereocenters. The molecule has 0 radical (unpaired) electrons. The zero-order valence-corrected chi connectivity index (χ0v) is 10.4. The van der Waals surface area contributed by atoms with Gasteiger partial charge in [0.05, 0.1) is 11.8 Å². The highest BCUT2D eigenvalue weighted by Crippen LogP contribution is 2.42. The Hall–Kier alpha value is -1.57. The molecule has 0 fully saturated rings. The van der Waals surface area contributed by atoms with Crippen LogP contribution in [0.1, 0.15) is 5.56 Å². The molecule has 8 heteroatoms. The van der Waals surface area contributed by atoms with Crippen LogP contribution in [0, 0.1) is 0 Å². The van der Waals surface area contributed by atoms with Gasteiger partial charge in [-0.15, -0.1) is 0 Å². The average Bonchev–Trinajstić information content (AvgIpc) is 2.73. The first-order valence-corrected chi connectivity index (χ1v) is 5.99. The van der Waals surface area contributed by atoms with E-state index in [9.17, 15) is 26.3 Å². The predicted molar refractivity (Wildman–Crippen MR) is 61.1 cm³/mol. The van der Waals surface area contributed by atoms with Crippen LogP contribution in [0.25, 0.3) is 11.1 Å². The van der Waals surface area contributed by atoms with Gasteiger partial charge in [0.1, 0.15) is 0 Å². The van der Waals surface area contributed by atoms with Crippen molar-refractivity contribution in [3.63, 3.8) is 0 Å². The number of thioether (sulfide) groups is 1. The molecule has 2 aromatic rings. The minimum absolute atomic E-state index is 0.0982. The van der Waals surface area contributed by atoms with Crippen LogP contribution in [0.2, 0.25) is 0 Å². The normalized spacial score (nSPS) is 12.7. The number of alkyl halides is 6. The van der Waals surface area contributed by atoms with Crippen LogP contribution in [0.5, 0.6) is 0 Å². The van der Waals surface area contributed by atoms with Gasteiger partial charge in [-0.3, -0.25) is 0 Å². The molecule has 0 amide bonds. The molecule has 0 saturated heterocycles. The molecule has 1 aromatic heterocycles. The van der Waals surface area contributed by atoms with E-state index in [0.29, 0.717) is 0 Å². The maximum Gasteiger partial charge on any atom is 0.449 e. The molecule has 0 bridgehead atoms. The summed E-state index contributed by atoms with van der Waals surface area (Å²) in [6.45, 7) is 0. The Kier molecular flexibility index (Phi) is 3.77. The van der Waals surface area contributed by atoms with Crippen molar-refractivity contribution in [2.45, 2.75) is 16.8 Å². The third-order valence-electron chi connectivity index (χ3n) is 2.36. The molecule has 2 rings (SSSR count). The van der Waals surface area contributed by atoms with Crippen molar-refractivity contribution in [2.24, 2.45) is 0 Å². The SMILES string of the molecule is FC(F)(F)Sc1occc1-c1ccc(C(F)(F)F)cc1. The lowest BCUT2D eigenvalue weighted by atomic mass is 10.1. The molecular formula is C12H6F6OS. The first-order valence-electron chi connectivity index (χ1n) is 5.18.